The molecule has 0 radical (unpaired) electrons. The molecule has 2 N–H and O–H groups in total. The SMILES string of the molecule is Cc1nc2ccc(-c3ccc(C(=O)N[C@@H]4CS(=O)(=O)C[C@H]4O)cc3)cn2n1. The highest BCUT2D eigenvalue weighted by molar-refractivity contribution is 7.91. The number of carbonyl (C=O) groups is 1. The lowest BCUT2D eigenvalue weighted by Crippen LogP contribution is -2.42. The fourth-order valence-electron chi connectivity index (χ4n) is 3.20. The molecule has 1 aliphatic rings. The first-order valence-corrected chi connectivity index (χ1v) is 10.3. The first kappa shape index (κ1) is 17.6. The Labute approximate surface area is 155 Å². The van der Waals surface area contributed by atoms with E-state index in [2.05, 4.69) is 15.4 Å². The van der Waals surface area contributed by atoms with Crippen LogP contribution < -0.4 is 5.32 Å². The smallest absolute Gasteiger partial charge is 0.251 e. The van der Waals surface area contributed by atoms with Gasteiger partial charge in [0, 0.05) is 17.3 Å². The summed E-state index contributed by atoms with van der Waals surface area (Å²) in [6, 6.07) is 9.97. The molecule has 0 unspecified atom stereocenters. The maximum atomic E-state index is 12.3. The molecule has 2 atom stereocenters. The second-order valence-corrected chi connectivity index (χ2v) is 8.83. The number of hydrogen-bond donors (Lipinski definition) is 2. The molecule has 27 heavy (non-hydrogen) atoms. The number of nitrogens with one attached hydrogen (secondary N) is 1. The maximum Gasteiger partial charge on any atom is 0.251 e. The van der Waals surface area contributed by atoms with E-state index in [1.165, 1.54) is 0 Å². The zero-order valence-corrected chi connectivity index (χ0v) is 15.3. The van der Waals surface area contributed by atoms with Crippen molar-refractivity contribution in [3.05, 3.63) is 54.0 Å². The number of benzene rings is 1. The standard InChI is InChI=1S/C18H18N4O4S/c1-11-19-17-7-6-14(8-22(17)21-11)12-2-4-13(5-3-12)18(24)20-15-9-27(25,26)10-16(15)23/h2-8,15-16,23H,9-10H2,1H3,(H,20,24)/t15-,16-/m1/s1. The van der Waals surface area contributed by atoms with Gasteiger partial charge in [-0.3, -0.25) is 4.79 Å². The number of carbonyl (C=O) groups excluding carboxylic acids is 1. The fraction of sp³-hybridized carbons (Fsp3) is 0.278. The van der Waals surface area contributed by atoms with Crippen LogP contribution in [0.2, 0.25) is 0 Å². The molecule has 0 bridgehead atoms. The lowest BCUT2D eigenvalue weighted by molar-refractivity contribution is 0.0889. The summed E-state index contributed by atoms with van der Waals surface area (Å²) in [6.45, 7) is 1.83. The lowest BCUT2D eigenvalue weighted by Gasteiger charge is -2.15. The highest BCUT2D eigenvalue weighted by atomic mass is 32.2. The number of nitrogens with zero attached hydrogens (tertiary/aromatic N) is 3. The van der Waals surface area contributed by atoms with Crippen LogP contribution in [0.3, 0.4) is 0 Å². The second kappa shape index (κ2) is 6.43. The average molecular weight is 386 g/mol. The van der Waals surface area contributed by atoms with E-state index in [-0.39, 0.29) is 11.5 Å². The van der Waals surface area contributed by atoms with Crippen LogP contribution >= 0.6 is 0 Å². The molecule has 3 aromatic rings. The Bertz CT molecular complexity index is 1120. The fourth-order valence-corrected chi connectivity index (χ4v) is 4.94. The summed E-state index contributed by atoms with van der Waals surface area (Å²) in [7, 11) is -3.31. The van der Waals surface area contributed by atoms with Crippen molar-refractivity contribution in [2.75, 3.05) is 11.5 Å². The van der Waals surface area contributed by atoms with E-state index in [1.807, 2.05) is 37.4 Å². The van der Waals surface area contributed by atoms with Gasteiger partial charge in [-0.05, 0) is 36.8 Å². The van der Waals surface area contributed by atoms with Gasteiger partial charge < -0.3 is 10.4 Å². The first-order valence-electron chi connectivity index (χ1n) is 8.43. The van der Waals surface area contributed by atoms with Crippen LogP contribution in [0.5, 0.6) is 0 Å². The highest BCUT2D eigenvalue weighted by Crippen LogP contribution is 2.21. The number of aromatic nitrogens is 3. The highest BCUT2D eigenvalue weighted by Gasteiger charge is 2.37. The first-order chi connectivity index (χ1) is 12.8. The van der Waals surface area contributed by atoms with Crippen molar-refractivity contribution in [3.8, 4) is 11.1 Å². The van der Waals surface area contributed by atoms with Gasteiger partial charge in [-0.2, -0.15) is 5.10 Å². The van der Waals surface area contributed by atoms with Crippen molar-refractivity contribution in [2.24, 2.45) is 0 Å². The molecular weight excluding hydrogens is 368 g/mol. The van der Waals surface area contributed by atoms with Gasteiger partial charge in [0.2, 0.25) is 0 Å². The summed E-state index contributed by atoms with van der Waals surface area (Å²) >= 11 is 0. The third-order valence-corrected chi connectivity index (χ3v) is 6.27. The van der Waals surface area contributed by atoms with Crippen LogP contribution in [0.1, 0.15) is 16.2 Å². The van der Waals surface area contributed by atoms with E-state index in [0.29, 0.717) is 11.4 Å². The Balaban J connectivity index is 1.51. The molecule has 9 heteroatoms. The molecule has 2 aromatic heterocycles. The number of aliphatic hydroxyl groups excluding tert-OH is 1. The van der Waals surface area contributed by atoms with E-state index >= 15 is 0 Å². The minimum Gasteiger partial charge on any atom is -0.390 e. The largest absolute Gasteiger partial charge is 0.390 e. The molecule has 0 saturated carbocycles. The minimum atomic E-state index is -3.31. The third-order valence-electron chi connectivity index (χ3n) is 4.56. The van der Waals surface area contributed by atoms with Crippen LogP contribution in [0.15, 0.2) is 42.6 Å². The Kier molecular flexibility index (Phi) is 4.20. The number of aliphatic hydroxyl groups is 1. The normalized spacial score (nSPS) is 21.4. The van der Waals surface area contributed by atoms with Crippen molar-refractivity contribution >= 4 is 21.4 Å². The molecule has 8 nitrogen and oxygen atoms in total. The predicted molar refractivity (Wildman–Crippen MR) is 99.1 cm³/mol. The van der Waals surface area contributed by atoms with Crippen molar-refractivity contribution in [1.29, 1.82) is 0 Å². The van der Waals surface area contributed by atoms with Gasteiger partial charge in [0.1, 0.15) is 5.82 Å². The number of pyridine rings is 1. The van der Waals surface area contributed by atoms with Gasteiger partial charge in [-0.1, -0.05) is 12.1 Å². The molecule has 3 heterocycles. The summed E-state index contributed by atoms with van der Waals surface area (Å²) in [6.07, 6.45) is 0.792. The van der Waals surface area contributed by atoms with Crippen molar-refractivity contribution < 1.29 is 18.3 Å². The number of fused-ring (bicyclic) bond motifs is 1. The van der Waals surface area contributed by atoms with Gasteiger partial charge >= 0.3 is 0 Å². The van der Waals surface area contributed by atoms with Gasteiger partial charge in [-0.25, -0.2) is 17.9 Å². The van der Waals surface area contributed by atoms with Crippen LogP contribution in [0, 0.1) is 6.92 Å². The molecule has 140 valence electrons. The monoisotopic (exact) mass is 386 g/mol. The van der Waals surface area contributed by atoms with Crippen LogP contribution in [0.25, 0.3) is 16.8 Å². The van der Waals surface area contributed by atoms with E-state index in [9.17, 15) is 18.3 Å². The Morgan fingerprint density at radius 1 is 1.15 bits per heavy atom. The molecular formula is C18H18N4O4S. The van der Waals surface area contributed by atoms with Crippen molar-refractivity contribution in [2.45, 2.75) is 19.1 Å². The van der Waals surface area contributed by atoms with Gasteiger partial charge in [0.15, 0.2) is 15.5 Å². The molecule has 1 aliphatic heterocycles. The average Bonchev–Trinajstić information content (AvgIpc) is 3.11. The zero-order chi connectivity index (χ0) is 19.2. The van der Waals surface area contributed by atoms with E-state index in [1.54, 1.807) is 16.6 Å². The number of amides is 1. The Hall–Kier alpha value is -2.78. The Morgan fingerprint density at radius 3 is 2.52 bits per heavy atom. The van der Waals surface area contributed by atoms with Crippen LogP contribution in [0.4, 0.5) is 0 Å². The Morgan fingerprint density at radius 2 is 1.85 bits per heavy atom. The third kappa shape index (κ3) is 3.56. The molecule has 0 spiro atoms. The van der Waals surface area contributed by atoms with Gasteiger partial charge in [0.25, 0.3) is 5.91 Å². The molecule has 1 saturated heterocycles. The summed E-state index contributed by atoms with van der Waals surface area (Å²) in [5.74, 6) is -0.281. The second-order valence-electron chi connectivity index (χ2n) is 6.68. The summed E-state index contributed by atoms with van der Waals surface area (Å²) in [5, 5.41) is 16.7. The molecule has 1 aromatic carbocycles. The van der Waals surface area contributed by atoms with E-state index in [0.717, 1.165) is 16.8 Å². The maximum absolute atomic E-state index is 12.3. The van der Waals surface area contributed by atoms with E-state index < -0.39 is 27.9 Å². The van der Waals surface area contributed by atoms with E-state index in [4.69, 9.17) is 0 Å². The summed E-state index contributed by atoms with van der Waals surface area (Å²) in [5.41, 5.74) is 2.99. The summed E-state index contributed by atoms with van der Waals surface area (Å²) in [4.78, 5) is 16.6. The number of rotatable bonds is 3. The van der Waals surface area contributed by atoms with Gasteiger partial charge in [0.05, 0.1) is 23.7 Å². The topological polar surface area (TPSA) is 114 Å². The number of aryl methyl sites for hydroxylation is 1. The van der Waals surface area contributed by atoms with Crippen LogP contribution in [-0.4, -0.2) is 57.7 Å². The predicted octanol–water partition coefficient (Wildman–Crippen LogP) is 0.592. The molecule has 0 aliphatic carbocycles. The number of hydrogen-bond acceptors (Lipinski definition) is 6. The quantitative estimate of drug-likeness (QED) is 0.681. The van der Waals surface area contributed by atoms with Crippen LogP contribution in [-0.2, 0) is 9.84 Å². The van der Waals surface area contributed by atoms with Gasteiger partial charge in [-0.15, -0.1) is 0 Å². The number of sulfone groups is 1. The summed E-state index contributed by atoms with van der Waals surface area (Å²) < 4.78 is 24.8. The minimum absolute atomic E-state index is 0.241. The van der Waals surface area contributed by atoms with Crippen molar-refractivity contribution in [3.63, 3.8) is 0 Å². The zero-order valence-electron chi connectivity index (χ0n) is 14.5. The molecule has 1 amide bonds. The molecule has 1 fully saturated rings. The lowest BCUT2D eigenvalue weighted by atomic mass is 10.0. The van der Waals surface area contributed by atoms with Crippen molar-refractivity contribution in [1.82, 2.24) is 19.9 Å². The molecule has 4 rings (SSSR count).